The average molecular weight is 833 g/mol. The van der Waals surface area contributed by atoms with Crippen LogP contribution >= 0.6 is 0 Å². The zero-order valence-electron chi connectivity index (χ0n) is 41.3. The minimum absolute atomic E-state index is 0.125. The van der Waals surface area contributed by atoms with Gasteiger partial charge < -0.3 is 0 Å². The molecule has 0 aromatic heterocycles. The maximum absolute atomic E-state index is 10.6. The molecule has 4 heteroatoms. The van der Waals surface area contributed by atoms with Gasteiger partial charge in [-0.05, 0) is 153 Å². The van der Waals surface area contributed by atoms with Gasteiger partial charge >= 0.3 is 0 Å². The van der Waals surface area contributed by atoms with E-state index >= 15 is 0 Å². The van der Waals surface area contributed by atoms with Crippen LogP contribution in [0.2, 0.25) is 0 Å². The molecule has 0 heterocycles. The Morgan fingerprint density at radius 2 is 0.467 bits per heavy atom. The van der Waals surface area contributed by atoms with Crippen molar-refractivity contribution in [2.24, 2.45) is 23.7 Å². The maximum Gasteiger partial charge on any atom is 0.152 e. The maximum atomic E-state index is 10.6. The molecule has 0 aliphatic heterocycles. The lowest BCUT2D eigenvalue weighted by atomic mass is 10.1. The molecular weight excluding hydrogens is 737 g/mol. The van der Waals surface area contributed by atoms with Gasteiger partial charge in [-0.3, -0.25) is 19.2 Å². The normalized spacial score (nSPS) is 12.0. The highest BCUT2D eigenvalue weighted by Gasteiger charge is 1.94. The van der Waals surface area contributed by atoms with Gasteiger partial charge in [0.1, 0.15) is 0 Å². The second-order valence-electron chi connectivity index (χ2n) is 17.6. The van der Waals surface area contributed by atoms with E-state index in [-0.39, 0.29) is 23.1 Å². The molecule has 0 atom stereocenters. The monoisotopic (exact) mass is 833 g/mol. The predicted molar refractivity (Wildman–Crippen MR) is 268 cm³/mol. The van der Waals surface area contributed by atoms with Crippen molar-refractivity contribution in [1.82, 2.24) is 0 Å². The number of rotatable bonds is 32. The Kier molecular flexibility index (Phi) is 54.5. The molecule has 0 aliphatic rings. The molecular formula is C56H96O4. The van der Waals surface area contributed by atoms with E-state index in [1.54, 1.807) is 52.0 Å². The summed E-state index contributed by atoms with van der Waals surface area (Å²) in [6, 6.07) is 0. The molecule has 4 nitrogen and oxygen atoms in total. The Labute approximate surface area is 373 Å². The average Bonchev–Trinajstić information content (AvgIpc) is 3.15. The van der Waals surface area contributed by atoms with Crippen molar-refractivity contribution in [2.75, 3.05) is 0 Å². The predicted octanol–water partition coefficient (Wildman–Crippen LogP) is 17.2. The summed E-state index contributed by atoms with van der Waals surface area (Å²) in [5.74, 6) is 3.81. The van der Waals surface area contributed by atoms with E-state index in [0.717, 1.165) is 49.4 Å². The van der Waals surface area contributed by atoms with Crippen molar-refractivity contribution in [1.29, 1.82) is 0 Å². The number of unbranched alkanes of at least 4 members (excludes halogenated alkanes) is 8. The number of carbonyl (C=O) groups is 4. The van der Waals surface area contributed by atoms with Crippen LogP contribution in [0.3, 0.4) is 0 Å². The van der Waals surface area contributed by atoms with Crippen LogP contribution in [0.4, 0.5) is 0 Å². The molecule has 344 valence electrons. The Hall–Kier alpha value is -3.40. The Bertz CT molecular complexity index is 1040. The number of hydrogen-bond acceptors (Lipinski definition) is 4. The molecule has 0 spiro atoms. The van der Waals surface area contributed by atoms with Crippen LogP contribution in [0.1, 0.15) is 212 Å². The molecule has 0 bridgehead atoms. The lowest BCUT2D eigenvalue weighted by Gasteiger charge is -2.01. The van der Waals surface area contributed by atoms with Gasteiger partial charge in [-0.1, -0.05) is 180 Å². The fourth-order valence-corrected chi connectivity index (χ4v) is 5.37. The van der Waals surface area contributed by atoms with Crippen LogP contribution in [-0.2, 0) is 19.2 Å². The third kappa shape index (κ3) is 78.9. The van der Waals surface area contributed by atoms with Gasteiger partial charge in [0.15, 0.2) is 23.1 Å². The molecule has 0 N–H and O–H groups in total. The standard InChI is InChI=1S/4C14H24O/c4*1-13(2)11-9-7-5-4-6-8-10-12-14(3)15/h4*4,6,10,12-13H,5,7-9,11H2,1-3H3/b6-4+,12-10+;6-4+,12-10-;6-4-,12-10+;6-4-,12-10-. The summed E-state index contributed by atoms with van der Waals surface area (Å²) in [4.78, 5) is 42.3. The van der Waals surface area contributed by atoms with Gasteiger partial charge in [-0.15, -0.1) is 0 Å². The summed E-state index contributed by atoms with van der Waals surface area (Å²) in [5, 5.41) is 0. The summed E-state index contributed by atoms with van der Waals surface area (Å²) in [6.07, 6.45) is 55.5. The lowest BCUT2D eigenvalue weighted by Crippen LogP contribution is -1.85. The molecule has 0 fully saturated rings. The zero-order chi connectivity index (χ0) is 46.1. The summed E-state index contributed by atoms with van der Waals surface area (Å²) >= 11 is 0. The minimum Gasteiger partial charge on any atom is -0.295 e. The van der Waals surface area contributed by atoms with Crippen molar-refractivity contribution < 1.29 is 19.2 Å². The van der Waals surface area contributed by atoms with Crippen LogP contribution in [0, 0.1) is 23.7 Å². The van der Waals surface area contributed by atoms with Gasteiger partial charge in [-0.25, -0.2) is 0 Å². The van der Waals surface area contributed by atoms with Crippen LogP contribution in [0.25, 0.3) is 0 Å². The first-order valence-corrected chi connectivity index (χ1v) is 23.8. The van der Waals surface area contributed by atoms with E-state index in [2.05, 4.69) is 104 Å². The van der Waals surface area contributed by atoms with E-state index in [1.807, 2.05) is 24.3 Å². The molecule has 0 saturated carbocycles. The van der Waals surface area contributed by atoms with Crippen molar-refractivity contribution >= 4 is 23.1 Å². The topological polar surface area (TPSA) is 68.3 Å². The van der Waals surface area contributed by atoms with Gasteiger partial charge in [0.25, 0.3) is 0 Å². The van der Waals surface area contributed by atoms with Gasteiger partial charge in [0.05, 0.1) is 0 Å². The first kappa shape index (κ1) is 63.2. The molecule has 0 radical (unpaired) electrons. The molecule has 0 aliphatic carbocycles. The largest absolute Gasteiger partial charge is 0.295 e. The van der Waals surface area contributed by atoms with Crippen molar-refractivity contribution in [3.8, 4) is 0 Å². The Balaban J connectivity index is -0.000000348. The van der Waals surface area contributed by atoms with E-state index in [0.29, 0.717) is 0 Å². The molecule has 0 unspecified atom stereocenters. The summed E-state index contributed by atoms with van der Waals surface area (Å²) in [5.41, 5.74) is 0. The third-order valence-corrected chi connectivity index (χ3v) is 8.77. The number of ketones is 4. The fraction of sp³-hybridized carbons (Fsp3) is 0.643. The van der Waals surface area contributed by atoms with Crippen LogP contribution in [0.15, 0.2) is 97.2 Å². The van der Waals surface area contributed by atoms with Crippen molar-refractivity contribution in [3.05, 3.63) is 97.2 Å². The third-order valence-electron chi connectivity index (χ3n) is 8.77. The van der Waals surface area contributed by atoms with Crippen LogP contribution in [-0.4, -0.2) is 23.1 Å². The first-order valence-electron chi connectivity index (χ1n) is 23.8. The molecule has 0 rings (SSSR count). The highest BCUT2D eigenvalue weighted by atomic mass is 16.1. The quantitative estimate of drug-likeness (QED) is 0.0385. The van der Waals surface area contributed by atoms with E-state index < -0.39 is 0 Å². The fourth-order valence-electron chi connectivity index (χ4n) is 5.37. The first-order chi connectivity index (χ1) is 28.5. The van der Waals surface area contributed by atoms with Crippen molar-refractivity contribution in [3.63, 3.8) is 0 Å². The molecule has 0 aromatic carbocycles. The summed E-state index contributed by atoms with van der Waals surface area (Å²) in [6.45, 7) is 24.4. The van der Waals surface area contributed by atoms with Crippen molar-refractivity contribution in [2.45, 2.75) is 212 Å². The van der Waals surface area contributed by atoms with E-state index in [9.17, 15) is 19.2 Å². The number of hydrogen-bond donors (Lipinski definition) is 0. The number of allylic oxidation sites excluding steroid dienone is 16. The second kappa shape index (κ2) is 51.7. The number of carbonyl (C=O) groups excluding carboxylic acids is 4. The zero-order valence-corrected chi connectivity index (χ0v) is 41.3. The highest BCUT2D eigenvalue weighted by molar-refractivity contribution is 5.88. The molecule has 60 heavy (non-hydrogen) atoms. The van der Waals surface area contributed by atoms with Gasteiger partial charge in [0, 0.05) is 0 Å². The summed E-state index contributed by atoms with van der Waals surface area (Å²) in [7, 11) is 0. The van der Waals surface area contributed by atoms with Gasteiger partial charge in [-0.2, -0.15) is 0 Å². The van der Waals surface area contributed by atoms with Crippen LogP contribution < -0.4 is 0 Å². The summed E-state index contributed by atoms with van der Waals surface area (Å²) < 4.78 is 0. The van der Waals surface area contributed by atoms with Crippen LogP contribution in [0.5, 0.6) is 0 Å². The molecule has 0 amide bonds. The van der Waals surface area contributed by atoms with Gasteiger partial charge in [0.2, 0.25) is 0 Å². The van der Waals surface area contributed by atoms with E-state index in [1.165, 1.54) is 103 Å². The minimum atomic E-state index is 0.125. The lowest BCUT2D eigenvalue weighted by molar-refractivity contribution is -0.113. The van der Waals surface area contributed by atoms with E-state index in [4.69, 9.17) is 0 Å². The SMILES string of the molecule is CC(=O)/C=C/C/C=C/CCCCC(C)C.CC(=O)/C=C/C/C=C\CCCCC(C)C.CC(=O)/C=C\C/C=C/CCCCC(C)C.CC(=O)/C=C\C/C=C\CCCCC(C)C. The molecule has 0 aromatic rings. The molecule has 0 saturated heterocycles. The Morgan fingerprint density at radius 3 is 0.617 bits per heavy atom. The second-order valence-corrected chi connectivity index (χ2v) is 17.6. The Morgan fingerprint density at radius 1 is 0.283 bits per heavy atom. The highest BCUT2D eigenvalue weighted by Crippen LogP contribution is 2.11. The smallest absolute Gasteiger partial charge is 0.152 e.